The van der Waals surface area contributed by atoms with Crippen LogP contribution in [0.3, 0.4) is 0 Å². The number of benzene rings is 1. The first kappa shape index (κ1) is 13.7. The van der Waals surface area contributed by atoms with Gasteiger partial charge in [-0.1, -0.05) is 6.07 Å². The van der Waals surface area contributed by atoms with E-state index in [1.807, 2.05) is 6.92 Å². The highest BCUT2D eigenvalue weighted by molar-refractivity contribution is 5.98. The van der Waals surface area contributed by atoms with Crippen LogP contribution in [0, 0.1) is 0 Å². The third-order valence-electron chi connectivity index (χ3n) is 3.74. The van der Waals surface area contributed by atoms with Crippen LogP contribution in [0.1, 0.15) is 30.1 Å². The molecule has 1 saturated heterocycles. The molecule has 5 nitrogen and oxygen atoms in total. The Kier molecular flexibility index (Phi) is 3.66. The van der Waals surface area contributed by atoms with Crippen molar-refractivity contribution in [1.82, 2.24) is 4.90 Å². The van der Waals surface area contributed by atoms with E-state index in [2.05, 4.69) is 0 Å². The number of aromatic hydroxyl groups is 1. The number of amides is 1. The van der Waals surface area contributed by atoms with Crippen LogP contribution in [0.25, 0.3) is 0 Å². The molecule has 1 aliphatic heterocycles. The molecule has 0 bridgehead atoms. The molecule has 5 heteroatoms. The number of carbonyl (C=O) groups is 1. The van der Waals surface area contributed by atoms with E-state index >= 15 is 0 Å². The highest BCUT2D eigenvalue weighted by Crippen LogP contribution is 2.29. The smallest absolute Gasteiger partial charge is 0.257 e. The quantitative estimate of drug-likeness (QED) is 0.628. The summed E-state index contributed by atoms with van der Waals surface area (Å²) in [5.41, 5.74) is 5.78. The van der Waals surface area contributed by atoms with Gasteiger partial charge >= 0.3 is 0 Å². The first-order valence-electron chi connectivity index (χ1n) is 6.39. The predicted molar refractivity (Wildman–Crippen MR) is 73.1 cm³/mol. The molecule has 104 valence electrons. The van der Waals surface area contributed by atoms with Crippen LogP contribution in [-0.4, -0.2) is 41.7 Å². The lowest BCUT2D eigenvalue weighted by molar-refractivity contribution is -0.0440. The molecule has 0 spiro atoms. The zero-order chi connectivity index (χ0) is 14.0. The molecule has 0 saturated carbocycles. The largest absolute Gasteiger partial charge is 0.505 e. The SMILES string of the molecule is COC1(C)CCCN(C(=O)c2cccc(N)c2O)C1. The maximum Gasteiger partial charge on any atom is 0.257 e. The second-order valence-corrected chi connectivity index (χ2v) is 5.23. The van der Waals surface area contributed by atoms with Gasteiger partial charge in [-0.15, -0.1) is 0 Å². The lowest BCUT2D eigenvalue weighted by Crippen LogP contribution is -2.49. The number of hydrogen-bond acceptors (Lipinski definition) is 4. The van der Waals surface area contributed by atoms with Crippen LogP contribution in [-0.2, 0) is 4.74 Å². The van der Waals surface area contributed by atoms with Gasteiger partial charge in [0.1, 0.15) is 0 Å². The molecular formula is C14H20N2O3. The maximum atomic E-state index is 12.4. The lowest BCUT2D eigenvalue weighted by atomic mass is 9.94. The van der Waals surface area contributed by atoms with E-state index in [1.54, 1.807) is 30.2 Å². The third-order valence-corrected chi connectivity index (χ3v) is 3.74. The van der Waals surface area contributed by atoms with Gasteiger partial charge in [0.15, 0.2) is 5.75 Å². The Labute approximate surface area is 113 Å². The van der Waals surface area contributed by atoms with E-state index in [0.717, 1.165) is 12.8 Å². The van der Waals surface area contributed by atoms with Gasteiger partial charge in [0.2, 0.25) is 0 Å². The second-order valence-electron chi connectivity index (χ2n) is 5.23. The van der Waals surface area contributed by atoms with Gasteiger partial charge in [0.05, 0.1) is 16.9 Å². The Balaban J connectivity index is 2.22. The molecule has 1 fully saturated rings. The summed E-state index contributed by atoms with van der Waals surface area (Å²) in [7, 11) is 1.66. The fourth-order valence-electron chi connectivity index (χ4n) is 2.45. The van der Waals surface area contributed by atoms with Crippen molar-refractivity contribution >= 4 is 11.6 Å². The molecule has 0 aromatic heterocycles. The number of nitrogen functional groups attached to an aromatic ring is 1. The first-order chi connectivity index (χ1) is 8.97. The minimum atomic E-state index is -0.316. The number of ether oxygens (including phenoxy) is 1. The summed E-state index contributed by atoms with van der Waals surface area (Å²) in [6.45, 7) is 3.19. The Bertz CT molecular complexity index is 490. The van der Waals surface area contributed by atoms with Crippen molar-refractivity contribution in [1.29, 1.82) is 0 Å². The number of anilines is 1. The highest BCUT2D eigenvalue weighted by Gasteiger charge is 2.34. The van der Waals surface area contributed by atoms with Crippen molar-refractivity contribution < 1.29 is 14.6 Å². The fourth-order valence-corrected chi connectivity index (χ4v) is 2.45. The number of piperidine rings is 1. The standard InChI is InChI=1S/C14H20N2O3/c1-14(19-2)7-4-8-16(9-14)13(18)10-5-3-6-11(15)12(10)17/h3,5-6,17H,4,7-9,15H2,1-2H3. The monoisotopic (exact) mass is 264 g/mol. The molecule has 0 radical (unpaired) electrons. The fraction of sp³-hybridized carbons (Fsp3) is 0.500. The number of likely N-dealkylation sites (tertiary alicyclic amines) is 1. The zero-order valence-electron chi connectivity index (χ0n) is 11.3. The number of rotatable bonds is 2. The van der Waals surface area contributed by atoms with Crippen molar-refractivity contribution in [3.05, 3.63) is 23.8 Å². The highest BCUT2D eigenvalue weighted by atomic mass is 16.5. The van der Waals surface area contributed by atoms with E-state index in [-0.39, 0.29) is 28.5 Å². The molecule has 1 aromatic rings. The normalized spacial score (nSPS) is 23.4. The molecule has 1 unspecified atom stereocenters. The van der Waals surface area contributed by atoms with Crippen LogP contribution >= 0.6 is 0 Å². The average molecular weight is 264 g/mol. The van der Waals surface area contributed by atoms with Crippen molar-refractivity contribution in [3.63, 3.8) is 0 Å². The molecule has 19 heavy (non-hydrogen) atoms. The summed E-state index contributed by atoms with van der Waals surface area (Å²) in [5, 5.41) is 9.88. The number of hydrogen-bond donors (Lipinski definition) is 2. The summed E-state index contributed by atoms with van der Waals surface area (Å²) in [6, 6.07) is 4.83. The summed E-state index contributed by atoms with van der Waals surface area (Å²) in [5.74, 6) is -0.343. The molecule has 1 heterocycles. The molecule has 1 amide bonds. The molecule has 1 aliphatic rings. The minimum absolute atomic E-state index is 0.141. The van der Waals surface area contributed by atoms with Gasteiger partial charge in [-0.25, -0.2) is 0 Å². The lowest BCUT2D eigenvalue weighted by Gasteiger charge is -2.39. The molecule has 1 aromatic carbocycles. The van der Waals surface area contributed by atoms with E-state index in [1.165, 1.54) is 0 Å². The van der Waals surface area contributed by atoms with Gasteiger partial charge in [-0.2, -0.15) is 0 Å². The van der Waals surface area contributed by atoms with Crippen LogP contribution in [0.15, 0.2) is 18.2 Å². The Morgan fingerprint density at radius 2 is 2.26 bits per heavy atom. The van der Waals surface area contributed by atoms with Crippen molar-refractivity contribution in [3.8, 4) is 5.75 Å². The third kappa shape index (κ3) is 2.66. The molecular weight excluding hydrogens is 244 g/mol. The van der Waals surface area contributed by atoms with Crippen molar-refractivity contribution in [2.45, 2.75) is 25.4 Å². The zero-order valence-corrected chi connectivity index (χ0v) is 11.3. The predicted octanol–water partition coefficient (Wildman–Crippen LogP) is 1.62. The summed E-state index contributed by atoms with van der Waals surface area (Å²) in [6.07, 6.45) is 1.81. The number of carbonyl (C=O) groups excluding carboxylic acids is 1. The number of methoxy groups -OCH3 is 1. The van der Waals surface area contributed by atoms with E-state index in [4.69, 9.17) is 10.5 Å². The number of para-hydroxylation sites is 1. The first-order valence-corrected chi connectivity index (χ1v) is 6.39. The average Bonchev–Trinajstić information content (AvgIpc) is 2.41. The number of nitrogens with two attached hydrogens (primary N) is 1. The van der Waals surface area contributed by atoms with Gasteiger partial charge < -0.3 is 20.5 Å². The number of phenolic OH excluding ortho intramolecular Hbond substituents is 1. The van der Waals surface area contributed by atoms with Crippen LogP contribution in [0.5, 0.6) is 5.75 Å². The van der Waals surface area contributed by atoms with Crippen LogP contribution in [0.2, 0.25) is 0 Å². The van der Waals surface area contributed by atoms with Gasteiger partial charge in [-0.05, 0) is 31.9 Å². The van der Waals surface area contributed by atoms with E-state index in [0.29, 0.717) is 13.1 Å². The Morgan fingerprint density at radius 1 is 1.53 bits per heavy atom. The van der Waals surface area contributed by atoms with Gasteiger partial charge in [0, 0.05) is 20.2 Å². The maximum absolute atomic E-state index is 12.4. The molecule has 3 N–H and O–H groups in total. The van der Waals surface area contributed by atoms with Gasteiger partial charge in [0.25, 0.3) is 5.91 Å². The summed E-state index contributed by atoms with van der Waals surface area (Å²) < 4.78 is 5.47. The number of nitrogens with zero attached hydrogens (tertiary/aromatic N) is 1. The minimum Gasteiger partial charge on any atom is -0.505 e. The van der Waals surface area contributed by atoms with Crippen LogP contribution in [0.4, 0.5) is 5.69 Å². The second kappa shape index (κ2) is 5.09. The van der Waals surface area contributed by atoms with Crippen molar-refractivity contribution in [2.24, 2.45) is 0 Å². The van der Waals surface area contributed by atoms with Gasteiger partial charge in [-0.3, -0.25) is 4.79 Å². The summed E-state index contributed by atoms with van der Waals surface area (Å²) >= 11 is 0. The van der Waals surface area contributed by atoms with E-state index in [9.17, 15) is 9.90 Å². The van der Waals surface area contributed by atoms with E-state index < -0.39 is 0 Å². The molecule has 2 rings (SSSR count). The molecule has 0 aliphatic carbocycles. The Hall–Kier alpha value is -1.75. The number of phenols is 1. The van der Waals surface area contributed by atoms with Crippen LogP contribution < -0.4 is 5.73 Å². The topological polar surface area (TPSA) is 75.8 Å². The summed E-state index contributed by atoms with van der Waals surface area (Å²) in [4.78, 5) is 14.1. The van der Waals surface area contributed by atoms with Crippen molar-refractivity contribution in [2.75, 3.05) is 25.9 Å². The molecule has 1 atom stereocenters. The Morgan fingerprint density at radius 3 is 2.95 bits per heavy atom.